The Bertz CT molecular complexity index is 315. The maximum Gasteiger partial charge on any atom is 0.387 e. The molecule has 1 aromatic rings. The van der Waals surface area contributed by atoms with Crippen LogP contribution in [-0.2, 0) is 0 Å². The fourth-order valence-corrected chi connectivity index (χ4v) is 1.43. The summed E-state index contributed by atoms with van der Waals surface area (Å²) in [6.07, 6.45) is 0. The molecule has 0 saturated heterocycles. The molecule has 0 saturated carbocycles. The predicted octanol–water partition coefficient (Wildman–Crippen LogP) is 3.50. The minimum absolute atomic E-state index is 0.114. The first-order chi connectivity index (χ1) is 6.00. The van der Waals surface area contributed by atoms with Crippen molar-refractivity contribution in [1.29, 1.82) is 0 Å². The fraction of sp³-hybridized carbons (Fsp3) is 0.250. The Morgan fingerprint density at radius 2 is 2.00 bits per heavy atom. The monoisotopic (exact) mass is 254 g/mol. The van der Waals surface area contributed by atoms with Crippen LogP contribution in [-0.4, -0.2) is 6.61 Å². The average Bonchev–Trinajstić information content (AvgIpc) is 1.98. The highest BCUT2D eigenvalue weighted by Gasteiger charge is 2.12. The van der Waals surface area contributed by atoms with Gasteiger partial charge in [-0.2, -0.15) is 8.78 Å². The standard InChI is InChI=1S/C8H6BrF3O/c1-4-2-5(9)7(10)6(3-4)13-8(11)12/h2-3,8H,1H3. The predicted molar refractivity (Wildman–Crippen MR) is 45.5 cm³/mol. The highest BCUT2D eigenvalue weighted by atomic mass is 79.9. The summed E-state index contributed by atoms with van der Waals surface area (Å²) in [6.45, 7) is -1.36. The van der Waals surface area contributed by atoms with Crippen molar-refractivity contribution in [1.82, 2.24) is 0 Å². The minimum Gasteiger partial charge on any atom is -0.432 e. The molecule has 1 aromatic carbocycles. The van der Waals surface area contributed by atoms with E-state index in [1.807, 2.05) is 0 Å². The van der Waals surface area contributed by atoms with Gasteiger partial charge in [-0.3, -0.25) is 0 Å². The van der Waals surface area contributed by atoms with Crippen molar-refractivity contribution < 1.29 is 17.9 Å². The molecular formula is C8H6BrF3O. The number of halogens is 4. The number of hydrogen-bond acceptors (Lipinski definition) is 1. The summed E-state index contributed by atoms with van der Waals surface area (Å²) >= 11 is 2.89. The van der Waals surface area contributed by atoms with Gasteiger partial charge in [-0.15, -0.1) is 0 Å². The third kappa shape index (κ3) is 2.62. The maximum absolute atomic E-state index is 13.0. The molecule has 0 aromatic heterocycles. The third-order valence-electron chi connectivity index (χ3n) is 1.36. The van der Waals surface area contributed by atoms with E-state index in [-0.39, 0.29) is 4.47 Å². The highest BCUT2D eigenvalue weighted by Crippen LogP contribution is 2.27. The summed E-state index contributed by atoms with van der Waals surface area (Å²) in [5, 5.41) is 0. The number of rotatable bonds is 2. The third-order valence-corrected chi connectivity index (χ3v) is 1.93. The first kappa shape index (κ1) is 10.4. The van der Waals surface area contributed by atoms with Gasteiger partial charge in [0.15, 0.2) is 11.6 Å². The summed E-state index contributed by atoms with van der Waals surface area (Å²) in [7, 11) is 0. The molecule has 0 aliphatic heterocycles. The van der Waals surface area contributed by atoms with E-state index in [1.165, 1.54) is 12.1 Å². The smallest absolute Gasteiger partial charge is 0.387 e. The van der Waals surface area contributed by atoms with Gasteiger partial charge in [0.25, 0.3) is 0 Å². The zero-order chi connectivity index (χ0) is 10.0. The van der Waals surface area contributed by atoms with Gasteiger partial charge in [0.05, 0.1) is 4.47 Å². The normalized spacial score (nSPS) is 10.6. The van der Waals surface area contributed by atoms with E-state index in [0.717, 1.165) is 0 Å². The summed E-state index contributed by atoms with van der Waals surface area (Å²) in [5.41, 5.74) is 0.643. The Morgan fingerprint density at radius 3 is 2.54 bits per heavy atom. The van der Waals surface area contributed by atoms with E-state index in [9.17, 15) is 13.2 Å². The first-order valence-electron chi connectivity index (χ1n) is 3.41. The number of alkyl halides is 2. The largest absolute Gasteiger partial charge is 0.432 e. The van der Waals surface area contributed by atoms with Crippen molar-refractivity contribution >= 4 is 15.9 Å². The van der Waals surface area contributed by atoms with Gasteiger partial charge in [-0.1, -0.05) is 0 Å². The molecule has 0 heterocycles. The van der Waals surface area contributed by atoms with E-state index in [1.54, 1.807) is 6.92 Å². The van der Waals surface area contributed by atoms with E-state index < -0.39 is 18.2 Å². The Labute approximate surface area is 81.6 Å². The van der Waals surface area contributed by atoms with Crippen LogP contribution in [0.5, 0.6) is 5.75 Å². The molecule has 0 aliphatic carbocycles. The molecule has 5 heteroatoms. The van der Waals surface area contributed by atoms with Crippen molar-refractivity contribution in [2.24, 2.45) is 0 Å². The molecule has 0 spiro atoms. The van der Waals surface area contributed by atoms with Crippen LogP contribution in [0.25, 0.3) is 0 Å². The van der Waals surface area contributed by atoms with Crippen LogP contribution in [0.15, 0.2) is 16.6 Å². The van der Waals surface area contributed by atoms with E-state index in [4.69, 9.17) is 0 Å². The van der Waals surface area contributed by atoms with Crippen molar-refractivity contribution in [3.05, 3.63) is 28.0 Å². The number of aryl methyl sites for hydroxylation is 1. The van der Waals surface area contributed by atoms with Crippen LogP contribution in [0.3, 0.4) is 0 Å². The molecule has 0 amide bonds. The highest BCUT2D eigenvalue weighted by molar-refractivity contribution is 9.10. The summed E-state index contributed by atoms with van der Waals surface area (Å²) in [4.78, 5) is 0. The van der Waals surface area contributed by atoms with Gasteiger partial charge in [0.1, 0.15) is 0 Å². The average molecular weight is 255 g/mol. The van der Waals surface area contributed by atoms with Crippen LogP contribution in [0.1, 0.15) is 5.56 Å². The Balaban J connectivity index is 3.05. The Morgan fingerprint density at radius 1 is 1.38 bits per heavy atom. The lowest BCUT2D eigenvalue weighted by Gasteiger charge is -2.07. The Hall–Kier alpha value is -0.710. The second-order valence-corrected chi connectivity index (χ2v) is 3.29. The molecule has 0 atom stereocenters. The molecule has 0 fully saturated rings. The molecular weight excluding hydrogens is 249 g/mol. The summed E-state index contributed by atoms with van der Waals surface area (Å²) < 4.78 is 40.6. The SMILES string of the molecule is Cc1cc(Br)c(F)c(OC(F)F)c1. The van der Waals surface area contributed by atoms with E-state index in [0.29, 0.717) is 5.56 Å². The van der Waals surface area contributed by atoms with Crippen molar-refractivity contribution in [2.75, 3.05) is 0 Å². The van der Waals surface area contributed by atoms with Crippen molar-refractivity contribution in [3.63, 3.8) is 0 Å². The van der Waals surface area contributed by atoms with Gasteiger partial charge in [0.2, 0.25) is 0 Å². The molecule has 0 aliphatic rings. The zero-order valence-corrected chi connectivity index (χ0v) is 8.24. The van der Waals surface area contributed by atoms with Crippen molar-refractivity contribution in [2.45, 2.75) is 13.5 Å². The minimum atomic E-state index is -3.01. The summed E-state index contributed by atoms with van der Waals surface area (Å²) in [6, 6.07) is 2.69. The van der Waals surface area contributed by atoms with E-state index in [2.05, 4.69) is 20.7 Å². The maximum atomic E-state index is 13.0. The lowest BCUT2D eigenvalue weighted by molar-refractivity contribution is -0.0522. The first-order valence-corrected chi connectivity index (χ1v) is 4.20. The Kier molecular flexibility index (Phi) is 3.19. The second-order valence-electron chi connectivity index (χ2n) is 2.44. The second kappa shape index (κ2) is 4.00. The van der Waals surface area contributed by atoms with Crippen LogP contribution >= 0.6 is 15.9 Å². The van der Waals surface area contributed by atoms with Gasteiger partial charge < -0.3 is 4.74 Å². The molecule has 1 nitrogen and oxygen atoms in total. The zero-order valence-electron chi connectivity index (χ0n) is 6.65. The molecule has 72 valence electrons. The molecule has 0 unspecified atom stereocenters. The molecule has 0 bridgehead atoms. The van der Waals surface area contributed by atoms with Gasteiger partial charge in [-0.25, -0.2) is 4.39 Å². The van der Waals surface area contributed by atoms with Crippen LogP contribution < -0.4 is 4.74 Å². The fourth-order valence-electron chi connectivity index (χ4n) is 0.874. The number of hydrogen-bond donors (Lipinski definition) is 0. The quantitative estimate of drug-likeness (QED) is 0.785. The number of ether oxygens (including phenoxy) is 1. The van der Waals surface area contributed by atoms with Crippen LogP contribution in [0.2, 0.25) is 0 Å². The van der Waals surface area contributed by atoms with Gasteiger partial charge in [-0.05, 0) is 40.5 Å². The van der Waals surface area contributed by atoms with Crippen LogP contribution in [0, 0.1) is 12.7 Å². The van der Waals surface area contributed by atoms with Crippen LogP contribution in [0.4, 0.5) is 13.2 Å². The molecule has 0 radical (unpaired) electrons. The lowest BCUT2D eigenvalue weighted by Crippen LogP contribution is -2.04. The molecule has 0 N–H and O–H groups in total. The van der Waals surface area contributed by atoms with Crippen molar-refractivity contribution in [3.8, 4) is 5.75 Å². The molecule has 1 rings (SSSR count). The topological polar surface area (TPSA) is 9.23 Å². The van der Waals surface area contributed by atoms with Gasteiger partial charge >= 0.3 is 6.61 Å². The molecule has 13 heavy (non-hydrogen) atoms. The number of benzene rings is 1. The van der Waals surface area contributed by atoms with Gasteiger partial charge in [0, 0.05) is 0 Å². The lowest BCUT2D eigenvalue weighted by atomic mass is 10.2. The van der Waals surface area contributed by atoms with E-state index >= 15 is 0 Å². The summed E-state index contributed by atoms with van der Waals surface area (Å²) in [5.74, 6) is -1.26.